The average molecular weight is 554 g/mol. The second-order valence-electron chi connectivity index (χ2n) is 9.17. The molecule has 39 heavy (non-hydrogen) atoms. The van der Waals surface area contributed by atoms with E-state index in [1.54, 1.807) is 34.9 Å². The standard InChI is InChI=1S/C29H29F2N3O4S/c1-3-25-23(18-33(17-22-6-4-14-37-22)28(35)27-7-5-15-39-27)29(38-26-13-8-19(30)16-24(26)31)34(32-25)20-9-11-21(36-2)12-10-20/h5,7-13,15-16,22H,3-4,6,14,17-18H2,1-2H3/t22-/m0/s1. The number of hydrogen-bond donors (Lipinski definition) is 0. The van der Waals surface area contributed by atoms with E-state index in [9.17, 15) is 13.6 Å². The molecule has 1 saturated heterocycles. The lowest BCUT2D eigenvalue weighted by atomic mass is 10.1. The minimum absolute atomic E-state index is 0.0745. The molecule has 1 amide bonds. The van der Waals surface area contributed by atoms with Crippen molar-refractivity contribution in [2.45, 2.75) is 38.8 Å². The summed E-state index contributed by atoms with van der Waals surface area (Å²) in [6, 6.07) is 14.0. The fraction of sp³-hybridized carbons (Fsp3) is 0.310. The maximum Gasteiger partial charge on any atom is 0.264 e. The van der Waals surface area contributed by atoms with Gasteiger partial charge in [0.1, 0.15) is 11.6 Å². The predicted octanol–water partition coefficient (Wildman–Crippen LogP) is 6.40. The molecule has 0 radical (unpaired) electrons. The fourth-order valence-electron chi connectivity index (χ4n) is 4.59. The first-order valence-corrected chi connectivity index (χ1v) is 13.7. The van der Waals surface area contributed by atoms with Gasteiger partial charge in [-0.25, -0.2) is 13.5 Å². The molecule has 4 aromatic rings. The Morgan fingerprint density at radius 2 is 2.03 bits per heavy atom. The van der Waals surface area contributed by atoms with E-state index in [0.717, 1.165) is 25.0 Å². The first kappa shape index (κ1) is 26.8. The summed E-state index contributed by atoms with van der Waals surface area (Å²) in [4.78, 5) is 16.0. The normalized spacial score (nSPS) is 14.9. The van der Waals surface area contributed by atoms with Crippen LogP contribution in [-0.4, -0.2) is 47.0 Å². The van der Waals surface area contributed by atoms with Gasteiger partial charge in [-0.15, -0.1) is 11.3 Å². The zero-order valence-electron chi connectivity index (χ0n) is 21.7. The minimum atomic E-state index is -0.840. The number of amides is 1. The molecule has 0 spiro atoms. The number of aryl methyl sites for hydroxylation is 1. The highest BCUT2D eigenvalue weighted by molar-refractivity contribution is 7.12. The molecular weight excluding hydrogens is 524 g/mol. The Hall–Kier alpha value is -3.76. The van der Waals surface area contributed by atoms with Gasteiger partial charge in [-0.2, -0.15) is 5.10 Å². The van der Waals surface area contributed by atoms with Crippen LogP contribution < -0.4 is 9.47 Å². The fourth-order valence-corrected chi connectivity index (χ4v) is 5.28. The summed E-state index contributed by atoms with van der Waals surface area (Å²) < 4.78 is 47.2. The van der Waals surface area contributed by atoms with Gasteiger partial charge in [0, 0.05) is 19.2 Å². The number of aromatic nitrogens is 2. The van der Waals surface area contributed by atoms with Crippen LogP contribution in [0.25, 0.3) is 5.69 Å². The molecule has 0 saturated carbocycles. The number of rotatable bonds is 10. The van der Waals surface area contributed by atoms with E-state index in [0.29, 0.717) is 47.1 Å². The predicted molar refractivity (Wildman–Crippen MR) is 144 cm³/mol. The molecule has 0 bridgehead atoms. The molecule has 1 fully saturated rings. The van der Waals surface area contributed by atoms with Crippen LogP contribution in [0.4, 0.5) is 8.78 Å². The van der Waals surface area contributed by atoms with Crippen LogP contribution in [0.15, 0.2) is 60.0 Å². The SMILES string of the molecule is CCc1nn(-c2ccc(OC)cc2)c(Oc2ccc(F)cc2F)c1CN(C[C@@H]1CCCO1)C(=O)c1cccs1. The molecule has 7 nitrogen and oxygen atoms in total. The number of thiophene rings is 1. The summed E-state index contributed by atoms with van der Waals surface area (Å²) in [6.45, 7) is 3.20. The topological polar surface area (TPSA) is 65.8 Å². The van der Waals surface area contributed by atoms with E-state index >= 15 is 0 Å². The average Bonchev–Trinajstić information content (AvgIpc) is 3.72. The molecule has 1 aliphatic rings. The van der Waals surface area contributed by atoms with Gasteiger partial charge >= 0.3 is 0 Å². The molecule has 0 unspecified atom stereocenters. The van der Waals surface area contributed by atoms with Gasteiger partial charge in [0.2, 0.25) is 5.88 Å². The van der Waals surface area contributed by atoms with Crippen LogP contribution in [0, 0.1) is 11.6 Å². The third-order valence-corrected chi connectivity index (χ3v) is 7.45. The Bertz CT molecular complexity index is 1420. The second kappa shape index (κ2) is 12.0. The molecule has 0 aliphatic carbocycles. The van der Waals surface area contributed by atoms with Crippen LogP contribution in [0.5, 0.6) is 17.4 Å². The number of halogens is 2. The van der Waals surface area contributed by atoms with Crippen molar-refractivity contribution in [2.75, 3.05) is 20.3 Å². The van der Waals surface area contributed by atoms with E-state index in [1.165, 1.54) is 17.4 Å². The first-order chi connectivity index (χ1) is 19.0. The Kier molecular flexibility index (Phi) is 8.23. The van der Waals surface area contributed by atoms with Gasteiger partial charge in [0.15, 0.2) is 11.6 Å². The summed E-state index contributed by atoms with van der Waals surface area (Å²) in [5.41, 5.74) is 1.99. The van der Waals surface area contributed by atoms with Crippen LogP contribution in [0.2, 0.25) is 0 Å². The van der Waals surface area contributed by atoms with Gasteiger partial charge in [-0.3, -0.25) is 4.79 Å². The zero-order chi connectivity index (χ0) is 27.4. The van der Waals surface area contributed by atoms with E-state index in [2.05, 4.69) is 0 Å². The molecule has 2 aromatic carbocycles. The van der Waals surface area contributed by atoms with Crippen molar-refractivity contribution in [2.24, 2.45) is 0 Å². The van der Waals surface area contributed by atoms with Crippen molar-refractivity contribution in [3.8, 4) is 23.1 Å². The van der Waals surface area contributed by atoms with Crippen LogP contribution in [0.3, 0.4) is 0 Å². The lowest BCUT2D eigenvalue weighted by molar-refractivity contribution is 0.0509. The highest BCUT2D eigenvalue weighted by atomic mass is 32.1. The molecule has 2 aromatic heterocycles. The van der Waals surface area contributed by atoms with Gasteiger partial charge in [0.05, 0.1) is 41.6 Å². The first-order valence-electron chi connectivity index (χ1n) is 12.8. The highest BCUT2D eigenvalue weighted by Gasteiger charge is 2.29. The molecule has 3 heterocycles. The van der Waals surface area contributed by atoms with Crippen molar-refractivity contribution >= 4 is 17.2 Å². The Labute approximate surface area is 229 Å². The molecule has 1 atom stereocenters. The van der Waals surface area contributed by atoms with E-state index in [4.69, 9.17) is 19.3 Å². The van der Waals surface area contributed by atoms with Gasteiger partial charge < -0.3 is 19.1 Å². The van der Waals surface area contributed by atoms with Crippen molar-refractivity contribution < 1.29 is 27.8 Å². The smallest absolute Gasteiger partial charge is 0.264 e. The lowest BCUT2D eigenvalue weighted by Crippen LogP contribution is -2.36. The Morgan fingerprint density at radius 3 is 2.67 bits per heavy atom. The maximum atomic E-state index is 14.7. The van der Waals surface area contributed by atoms with E-state index in [-0.39, 0.29) is 30.2 Å². The Morgan fingerprint density at radius 1 is 1.21 bits per heavy atom. The molecule has 0 N–H and O–H groups in total. The van der Waals surface area contributed by atoms with E-state index in [1.807, 2.05) is 30.5 Å². The lowest BCUT2D eigenvalue weighted by Gasteiger charge is -2.25. The second-order valence-corrected chi connectivity index (χ2v) is 10.1. The molecule has 10 heteroatoms. The quantitative estimate of drug-likeness (QED) is 0.228. The molecule has 1 aliphatic heterocycles. The van der Waals surface area contributed by atoms with Crippen molar-refractivity contribution in [3.63, 3.8) is 0 Å². The molecule has 204 valence electrons. The summed E-state index contributed by atoms with van der Waals surface area (Å²) >= 11 is 1.37. The maximum absolute atomic E-state index is 14.7. The van der Waals surface area contributed by atoms with Crippen molar-refractivity contribution in [1.82, 2.24) is 14.7 Å². The van der Waals surface area contributed by atoms with Crippen LogP contribution in [-0.2, 0) is 17.7 Å². The summed E-state index contributed by atoms with van der Waals surface area (Å²) in [6.07, 6.45) is 2.28. The van der Waals surface area contributed by atoms with Crippen LogP contribution >= 0.6 is 11.3 Å². The Balaban J connectivity index is 1.59. The number of benzene rings is 2. The number of nitrogens with zero attached hydrogens (tertiary/aromatic N) is 3. The largest absolute Gasteiger partial charge is 0.497 e. The number of ether oxygens (including phenoxy) is 3. The number of carbonyl (C=O) groups is 1. The summed E-state index contributed by atoms with van der Waals surface area (Å²) in [7, 11) is 1.58. The third kappa shape index (κ3) is 5.97. The summed E-state index contributed by atoms with van der Waals surface area (Å²) in [5, 5.41) is 6.66. The monoisotopic (exact) mass is 553 g/mol. The van der Waals surface area contributed by atoms with E-state index < -0.39 is 11.6 Å². The number of methoxy groups -OCH3 is 1. The van der Waals surface area contributed by atoms with Gasteiger partial charge in [-0.1, -0.05) is 13.0 Å². The summed E-state index contributed by atoms with van der Waals surface area (Å²) in [5.74, 6) is -0.907. The zero-order valence-corrected chi connectivity index (χ0v) is 22.5. The highest BCUT2D eigenvalue weighted by Crippen LogP contribution is 2.34. The van der Waals surface area contributed by atoms with Crippen molar-refractivity contribution in [1.29, 1.82) is 0 Å². The van der Waals surface area contributed by atoms with Crippen LogP contribution in [0.1, 0.15) is 40.7 Å². The third-order valence-electron chi connectivity index (χ3n) is 6.59. The number of hydrogen-bond acceptors (Lipinski definition) is 6. The van der Waals surface area contributed by atoms with Gasteiger partial charge in [0.25, 0.3) is 5.91 Å². The van der Waals surface area contributed by atoms with Gasteiger partial charge in [-0.05, 0) is 67.1 Å². The number of carbonyl (C=O) groups excluding carboxylic acids is 1. The van der Waals surface area contributed by atoms with Crippen molar-refractivity contribution in [3.05, 3.63) is 87.7 Å². The molecule has 5 rings (SSSR count). The minimum Gasteiger partial charge on any atom is -0.497 e. The molecular formula is C29H29F2N3O4S.